The number of amides is 2. The van der Waals surface area contributed by atoms with Crippen LogP contribution in [-0.2, 0) is 14.8 Å². The fraction of sp³-hybridized carbons (Fsp3) is 0.462. The van der Waals surface area contributed by atoms with Gasteiger partial charge in [0.25, 0.3) is 5.91 Å². The van der Waals surface area contributed by atoms with Crippen LogP contribution in [0.5, 0.6) is 5.75 Å². The van der Waals surface area contributed by atoms with Crippen molar-refractivity contribution in [3.8, 4) is 5.75 Å². The van der Waals surface area contributed by atoms with Gasteiger partial charge in [0, 0.05) is 24.7 Å². The van der Waals surface area contributed by atoms with E-state index < -0.39 is 16.1 Å². The number of ether oxygens (including phenoxy) is 1. The van der Waals surface area contributed by atoms with Crippen LogP contribution in [0.1, 0.15) is 49.0 Å². The van der Waals surface area contributed by atoms with E-state index in [4.69, 9.17) is 4.74 Å². The summed E-state index contributed by atoms with van der Waals surface area (Å²) in [6.45, 7) is 6.36. The number of carbonyl (C=O) groups is 2. The quantitative estimate of drug-likeness (QED) is 0.549. The molecule has 35 heavy (non-hydrogen) atoms. The average molecular weight is 502 g/mol. The second kappa shape index (κ2) is 11.7. The molecular weight excluding hydrogens is 466 g/mol. The smallest absolute Gasteiger partial charge is 0.252 e. The lowest BCUT2D eigenvalue weighted by Crippen LogP contribution is -2.55. The number of benzene rings is 2. The van der Waals surface area contributed by atoms with Crippen LogP contribution < -0.4 is 15.4 Å². The summed E-state index contributed by atoms with van der Waals surface area (Å²) >= 11 is 0. The zero-order chi connectivity index (χ0) is 25.6. The van der Waals surface area contributed by atoms with Gasteiger partial charge in [0.15, 0.2) is 0 Å². The predicted molar refractivity (Wildman–Crippen MR) is 135 cm³/mol. The molecule has 1 heterocycles. The Morgan fingerprint density at radius 2 is 1.74 bits per heavy atom. The number of hydrogen-bond acceptors (Lipinski definition) is 5. The van der Waals surface area contributed by atoms with Gasteiger partial charge in [-0.15, -0.1) is 0 Å². The number of carbonyl (C=O) groups excluding carboxylic acids is 2. The molecule has 0 bridgehead atoms. The third-order valence-corrected chi connectivity index (χ3v) is 8.44. The number of hydrogen-bond donors (Lipinski definition) is 2. The lowest BCUT2D eigenvalue weighted by atomic mass is 9.89. The van der Waals surface area contributed by atoms with E-state index in [1.165, 1.54) is 11.4 Å². The summed E-state index contributed by atoms with van der Waals surface area (Å²) in [5, 5.41) is 5.87. The number of aryl methyl sites for hydroxylation is 1. The van der Waals surface area contributed by atoms with E-state index >= 15 is 0 Å². The minimum atomic E-state index is -3.61. The number of sulfonamides is 1. The molecule has 2 amide bonds. The third kappa shape index (κ3) is 6.61. The molecule has 8 nitrogen and oxygen atoms in total. The topological polar surface area (TPSA) is 105 Å². The molecule has 2 aromatic carbocycles. The first-order valence-electron chi connectivity index (χ1n) is 12.0. The van der Waals surface area contributed by atoms with Gasteiger partial charge in [0.1, 0.15) is 11.8 Å². The molecule has 1 aliphatic rings. The van der Waals surface area contributed by atoms with Crippen LogP contribution in [0.15, 0.2) is 53.4 Å². The highest BCUT2D eigenvalue weighted by atomic mass is 32.2. The van der Waals surface area contributed by atoms with Crippen molar-refractivity contribution in [3.05, 3.63) is 59.7 Å². The van der Waals surface area contributed by atoms with Crippen LogP contribution in [0.4, 0.5) is 0 Å². The SMILES string of the molecule is CC[C@@H](C)NC(=O)[C@@H](NC(=O)c1cccc(OC)c1)C1CCN(S(=O)(=O)c2ccc(C)cc2)CC1. The molecule has 3 rings (SSSR count). The Kier molecular flexibility index (Phi) is 8.91. The molecule has 0 radical (unpaired) electrons. The summed E-state index contributed by atoms with van der Waals surface area (Å²) in [7, 11) is -2.09. The van der Waals surface area contributed by atoms with Gasteiger partial charge >= 0.3 is 0 Å². The Hall–Kier alpha value is -2.91. The van der Waals surface area contributed by atoms with Gasteiger partial charge in [-0.2, -0.15) is 4.31 Å². The van der Waals surface area contributed by atoms with E-state index in [1.807, 2.05) is 20.8 Å². The first-order chi connectivity index (χ1) is 16.6. The molecule has 2 aromatic rings. The van der Waals surface area contributed by atoms with Crippen LogP contribution in [0, 0.1) is 12.8 Å². The first-order valence-corrected chi connectivity index (χ1v) is 13.4. The van der Waals surface area contributed by atoms with E-state index in [0.717, 1.165) is 12.0 Å². The van der Waals surface area contributed by atoms with Gasteiger partial charge in [0.05, 0.1) is 12.0 Å². The van der Waals surface area contributed by atoms with Crippen molar-refractivity contribution in [1.82, 2.24) is 14.9 Å². The second-order valence-corrected chi connectivity index (χ2v) is 11.0. The Balaban J connectivity index is 1.75. The first kappa shape index (κ1) is 26.7. The van der Waals surface area contributed by atoms with Crippen molar-refractivity contribution in [3.63, 3.8) is 0 Å². The summed E-state index contributed by atoms with van der Waals surface area (Å²) in [6.07, 6.45) is 1.68. The molecule has 0 aromatic heterocycles. The summed E-state index contributed by atoms with van der Waals surface area (Å²) in [5.41, 5.74) is 1.38. The molecule has 1 aliphatic heterocycles. The minimum absolute atomic E-state index is 0.0410. The molecular formula is C26H35N3O5S. The largest absolute Gasteiger partial charge is 0.497 e. The molecule has 0 spiro atoms. The van der Waals surface area contributed by atoms with Crippen molar-refractivity contribution in [1.29, 1.82) is 0 Å². The monoisotopic (exact) mass is 501 g/mol. The van der Waals surface area contributed by atoms with Crippen LogP contribution in [0.3, 0.4) is 0 Å². The normalized spacial score (nSPS) is 16.8. The Labute approximate surface area is 208 Å². The van der Waals surface area contributed by atoms with E-state index in [0.29, 0.717) is 24.2 Å². The Morgan fingerprint density at radius 1 is 1.09 bits per heavy atom. The highest BCUT2D eigenvalue weighted by molar-refractivity contribution is 7.89. The molecule has 190 valence electrons. The average Bonchev–Trinajstić information content (AvgIpc) is 2.87. The van der Waals surface area contributed by atoms with Crippen molar-refractivity contribution in [2.45, 2.75) is 57.0 Å². The molecule has 1 fully saturated rings. The van der Waals surface area contributed by atoms with Crippen LogP contribution >= 0.6 is 0 Å². The maximum atomic E-state index is 13.2. The molecule has 2 N–H and O–H groups in total. The summed E-state index contributed by atoms with van der Waals surface area (Å²) in [6, 6.07) is 12.7. The zero-order valence-electron chi connectivity index (χ0n) is 20.8. The zero-order valence-corrected chi connectivity index (χ0v) is 21.6. The van der Waals surface area contributed by atoms with Gasteiger partial charge in [-0.05, 0) is 69.4 Å². The maximum absolute atomic E-state index is 13.2. The van der Waals surface area contributed by atoms with Gasteiger partial charge in [-0.1, -0.05) is 30.7 Å². The molecule has 0 saturated carbocycles. The van der Waals surface area contributed by atoms with Crippen molar-refractivity contribution in [2.24, 2.45) is 5.92 Å². The molecule has 9 heteroatoms. The van der Waals surface area contributed by atoms with E-state index in [2.05, 4.69) is 10.6 Å². The maximum Gasteiger partial charge on any atom is 0.252 e. The predicted octanol–water partition coefficient (Wildman–Crippen LogP) is 3.12. The number of rotatable bonds is 9. The van der Waals surface area contributed by atoms with Gasteiger partial charge < -0.3 is 15.4 Å². The van der Waals surface area contributed by atoms with Crippen LogP contribution in [0.2, 0.25) is 0 Å². The lowest BCUT2D eigenvalue weighted by Gasteiger charge is -2.35. The molecule has 1 saturated heterocycles. The van der Waals surface area contributed by atoms with Gasteiger partial charge in [0.2, 0.25) is 15.9 Å². The van der Waals surface area contributed by atoms with E-state index in [9.17, 15) is 18.0 Å². The fourth-order valence-corrected chi connectivity index (χ4v) is 5.60. The highest BCUT2D eigenvalue weighted by Gasteiger charge is 2.36. The molecule has 0 aliphatic carbocycles. The summed E-state index contributed by atoms with van der Waals surface area (Å²) in [4.78, 5) is 26.4. The Bertz CT molecular complexity index is 1130. The lowest BCUT2D eigenvalue weighted by molar-refractivity contribution is -0.125. The molecule has 0 unspecified atom stereocenters. The number of methoxy groups -OCH3 is 1. The minimum Gasteiger partial charge on any atom is -0.497 e. The fourth-order valence-electron chi connectivity index (χ4n) is 4.13. The van der Waals surface area contributed by atoms with Crippen molar-refractivity contribution in [2.75, 3.05) is 20.2 Å². The number of nitrogens with zero attached hydrogens (tertiary/aromatic N) is 1. The third-order valence-electron chi connectivity index (χ3n) is 6.53. The molecule has 2 atom stereocenters. The Morgan fingerprint density at radius 3 is 2.34 bits per heavy atom. The van der Waals surface area contributed by atoms with Crippen molar-refractivity contribution >= 4 is 21.8 Å². The highest BCUT2D eigenvalue weighted by Crippen LogP contribution is 2.27. The van der Waals surface area contributed by atoms with E-state index in [1.54, 1.807) is 48.5 Å². The van der Waals surface area contributed by atoms with Crippen molar-refractivity contribution < 1.29 is 22.7 Å². The summed E-state index contributed by atoms with van der Waals surface area (Å²) in [5.74, 6) is -0.274. The van der Waals surface area contributed by atoms with E-state index in [-0.39, 0.29) is 41.8 Å². The second-order valence-electron chi connectivity index (χ2n) is 9.06. The summed E-state index contributed by atoms with van der Waals surface area (Å²) < 4.78 is 32.8. The van der Waals surface area contributed by atoms with Gasteiger partial charge in [-0.25, -0.2) is 8.42 Å². The standard InChI is InChI=1S/C26H35N3O5S/c1-5-19(3)27-26(31)24(28-25(30)21-7-6-8-22(17-21)34-4)20-13-15-29(16-14-20)35(32,33)23-11-9-18(2)10-12-23/h6-12,17,19-20,24H,5,13-16H2,1-4H3,(H,27,31)(H,28,30)/t19-,24+/m1/s1. The number of piperidine rings is 1. The van der Waals surface area contributed by atoms with Crippen LogP contribution in [0.25, 0.3) is 0 Å². The number of nitrogens with one attached hydrogen (secondary N) is 2. The van der Waals surface area contributed by atoms with Crippen LogP contribution in [-0.4, -0.2) is 56.8 Å². The van der Waals surface area contributed by atoms with Gasteiger partial charge in [-0.3, -0.25) is 9.59 Å².